The van der Waals surface area contributed by atoms with Crippen molar-refractivity contribution < 1.29 is 4.21 Å². The van der Waals surface area contributed by atoms with Crippen LogP contribution in [-0.2, 0) is 10.8 Å². The van der Waals surface area contributed by atoms with Gasteiger partial charge >= 0.3 is 0 Å². The predicted molar refractivity (Wildman–Crippen MR) is 49.3 cm³/mol. The highest BCUT2D eigenvalue weighted by atomic mass is 32.2. The molecule has 0 saturated carbocycles. The molecule has 1 atom stereocenters. The van der Waals surface area contributed by atoms with Gasteiger partial charge in [-0.25, -0.2) is 0 Å². The van der Waals surface area contributed by atoms with Crippen LogP contribution in [0.25, 0.3) is 0 Å². The lowest BCUT2D eigenvalue weighted by molar-refractivity contribution is 0.691. The highest BCUT2D eigenvalue weighted by Gasteiger charge is 1.94. The van der Waals surface area contributed by atoms with Crippen molar-refractivity contribution in [1.29, 1.82) is 0 Å². The molecular formula is C9H10OS. The minimum absolute atomic E-state index is 0.876. The Morgan fingerprint density at radius 2 is 1.73 bits per heavy atom. The fourth-order valence-electron chi connectivity index (χ4n) is 0.675. The van der Waals surface area contributed by atoms with Gasteiger partial charge in [-0.2, -0.15) is 0 Å². The molecule has 58 valence electrons. The van der Waals surface area contributed by atoms with Gasteiger partial charge in [-0.05, 0) is 6.92 Å². The smallest absolute Gasteiger partial charge is 0.0731 e. The van der Waals surface area contributed by atoms with Crippen LogP contribution in [0.5, 0.6) is 0 Å². The predicted octanol–water partition coefficient (Wildman–Crippen LogP) is 2.28. The molecule has 0 aromatic carbocycles. The molecule has 1 aliphatic heterocycles. The van der Waals surface area contributed by atoms with E-state index in [-0.39, 0.29) is 0 Å². The van der Waals surface area contributed by atoms with Crippen molar-refractivity contribution in [3.05, 3.63) is 46.8 Å². The zero-order chi connectivity index (χ0) is 8.10. The van der Waals surface area contributed by atoms with Crippen molar-refractivity contribution in [2.75, 3.05) is 0 Å². The van der Waals surface area contributed by atoms with Crippen LogP contribution in [0, 0.1) is 0 Å². The molecule has 1 rings (SSSR count). The Kier molecular flexibility index (Phi) is 3.05. The second-order valence-corrected chi connectivity index (χ2v) is 3.68. The zero-order valence-electron chi connectivity index (χ0n) is 6.36. The van der Waals surface area contributed by atoms with Gasteiger partial charge in [0.05, 0.1) is 10.8 Å². The fraction of sp³-hybridized carbons (Fsp3) is 0.111. The van der Waals surface area contributed by atoms with Crippen molar-refractivity contribution in [1.82, 2.24) is 0 Å². The Labute approximate surface area is 69.3 Å². The average Bonchev–Trinajstić information content (AvgIpc) is 2.07. The first-order valence-corrected chi connectivity index (χ1v) is 4.61. The fourth-order valence-corrected chi connectivity index (χ4v) is 1.34. The van der Waals surface area contributed by atoms with Crippen LogP contribution in [0.1, 0.15) is 6.92 Å². The van der Waals surface area contributed by atoms with E-state index in [0.717, 1.165) is 4.91 Å². The van der Waals surface area contributed by atoms with Gasteiger partial charge in [0.2, 0.25) is 0 Å². The van der Waals surface area contributed by atoms with Crippen LogP contribution in [0.3, 0.4) is 0 Å². The maximum absolute atomic E-state index is 11.2. The first kappa shape index (κ1) is 8.21. The molecule has 0 spiro atoms. The third-order valence-corrected chi connectivity index (χ3v) is 2.47. The number of rotatable bonds is 0. The molecule has 0 radical (unpaired) electrons. The quantitative estimate of drug-likeness (QED) is 0.539. The molecule has 0 saturated heterocycles. The third kappa shape index (κ3) is 2.68. The molecule has 0 fully saturated rings. The van der Waals surface area contributed by atoms with E-state index in [9.17, 15) is 4.21 Å². The molecule has 2 heteroatoms. The van der Waals surface area contributed by atoms with Gasteiger partial charge in [-0.3, -0.25) is 4.21 Å². The van der Waals surface area contributed by atoms with Crippen molar-refractivity contribution in [3.8, 4) is 0 Å². The van der Waals surface area contributed by atoms with Gasteiger partial charge in [-0.1, -0.05) is 36.5 Å². The van der Waals surface area contributed by atoms with Gasteiger partial charge in [-0.15, -0.1) is 0 Å². The van der Waals surface area contributed by atoms with Gasteiger partial charge in [0.25, 0.3) is 0 Å². The summed E-state index contributed by atoms with van der Waals surface area (Å²) in [5, 5.41) is 1.68. The first-order valence-electron chi connectivity index (χ1n) is 3.40. The molecule has 0 aromatic rings. The molecule has 1 nitrogen and oxygen atoms in total. The van der Waals surface area contributed by atoms with Crippen LogP contribution < -0.4 is 0 Å². The lowest BCUT2D eigenvalue weighted by Gasteiger charge is -1.90. The summed E-state index contributed by atoms with van der Waals surface area (Å²) in [6, 6.07) is 0. The highest BCUT2D eigenvalue weighted by molar-refractivity contribution is 7.91. The molecule has 0 aromatic heterocycles. The Morgan fingerprint density at radius 1 is 1.09 bits per heavy atom. The van der Waals surface area contributed by atoms with E-state index >= 15 is 0 Å². The highest BCUT2D eigenvalue weighted by Crippen LogP contribution is 2.04. The molecular weight excluding hydrogens is 156 g/mol. The first-order chi connectivity index (χ1) is 5.30. The van der Waals surface area contributed by atoms with E-state index in [1.807, 2.05) is 37.3 Å². The van der Waals surface area contributed by atoms with Crippen LogP contribution >= 0.6 is 0 Å². The summed E-state index contributed by atoms with van der Waals surface area (Å²) < 4.78 is 11.2. The minimum Gasteiger partial charge on any atom is -0.250 e. The van der Waals surface area contributed by atoms with Crippen LogP contribution in [0.4, 0.5) is 0 Å². The average molecular weight is 166 g/mol. The van der Waals surface area contributed by atoms with E-state index in [1.54, 1.807) is 11.5 Å². The summed E-state index contributed by atoms with van der Waals surface area (Å²) in [6.07, 6.45) is 11.2. The van der Waals surface area contributed by atoms with Crippen LogP contribution in [0.2, 0.25) is 0 Å². The number of hydrogen-bond donors (Lipinski definition) is 0. The van der Waals surface area contributed by atoms with Crippen molar-refractivity contribution in [2.24, 2.45) is 0 Å². The minimum atomic E-state index is -0.946. The van der Waals surface area contributed by atoms with Crippen molar-refractivity contribution in [2.45, 2.75) is 6.92 Å². The molecule has 1 unspecified atom stereocenters. The van der Waals surface area contributed by atoms with E-state index in [4.69, 9.17) is 0 Å². The second kappa shape index (κ2) is 4.09. The SMILES string of the molecule is CC1=CC=CC=CC=CS1=O. The summed E-state index contributed by atoms with van der Waals surface area (Å²) in [7, 11) is -0.946. The Hall–Kier alpha value is -0.890. The van der Waals surface area contributed by atoms with E-state index < -0.39 is 10.8 Å². The second-order valence-electron chi connectivity index (χ2n) is 2.17. The molecule has 0 aliphatic carbocycles. The van der Waals surface area contributed by atoms with E-state index in [2.05, 4.69) is 0 Å². The summed E-state index contributed by atoms with van der Waals surface area (Å²) in [5.41, 5.74) is 0. The maximum Gasteiger partial charge on any atom is 0.0731 e. The van der Waals surface area contributed by atoms with E-state index in [1.165, 1.54) is 0 Å². The lowest BCUT2D eigenvalue weighted by atomic mass is 10.4. The number of hydrogen-bond acceptors (Lipinski definition) is 1. The van der Waals surface area contributed by atoms with Gasteiger partial charge in [0.15, 0.2) is 0 Å². The molecule has 0 N–H and O–H groups in total. The summed E-state index contributed by atoms with van der Waals surface area (Å²) >= 11 is 0. The largest absolute Gasteiger partial charge is 0.250 e. The molecule has 1 aliphatic rings. The third-order valence-electron chi connectivity index (χ3n) is 1.29. The van der Waals surface area contributed by atoms with Crippen LogP contribution in [-0.4, -0.2) is 4.21 Å². The van der Waals surface area contributed by atoms with Gasteiger partial charge in [0.1, 0.15) is 0 Å². The molecule has 1 heterocycles. The molecule has 0 bridgehead atoms. The van der Waals surface area contributed by atoms with Gasteiger partial charge in [0, 0.05) is 10.3 Å². The molecule has 11 heavy (non-hydrogen) atoms. The summed E-state index contributed by atoms with van der Waals surface area (Å²) in [6.45, 7) is 1.86. The monoisotopic (exact) mass is 166 g/mol. The Balaban J connectivity index is 2.92. The maximum atomic E-state index is 11.2. The zero-order valence-corrected chi connectivity index (χ0v) is 7.17. The molecule has 0 amide bonds. The van der Waals surface area contributed by atoms with Crippen molar-refractivity contribution >= 4 is 10.8 Å². The summed E-state index contributed by atoms with van der Waals surface area (Å²) in [4.78, 5) is 0.876. The summed E-state index contributed by atoms with van der Waals surface area (Å²) in [5.74, 6) is 0. The number of allylic oxidation sites excluding steroid dienone is 7. The Bertz CT molecular complexity index is 269. The standard InChI is InChI=1S/C9H10OS/c1-9-7-5-3-2-4-6-8-11(9)10/h2-8H,1H3. The van der Waals surface area contributed by atoms with E-state index in [0.29, 0.717) is 0 Å². The lowest BCUT2D eigenvalue weighted by Crippen LogP contribution is -1.83. The van der Waals surface area contributed by atoms with Crippen LogP contribution in [0.15, 0.2) is 46.8 Å². The van der Waals surface area contributed by atoms with Crippen molar-refractivity contribution in [3.63, 3.8) is 0 Å². The Morgan fingerprint density at radius 3 is 2.55 bits per heavy atom. The normalized spacial score (nSPS) is 23.7. The topological polar surface area (TPSA) is 17.1 Å². The van der Waals surface area contributed by atoms with Gasteiger partial charge < -0.3 is 0 Å².